The highest BCUT2D eigenvalue weighted by molar-refractivity contribution is 7.89. The van der Waals surface area contributed by atoms with Crippen LogP contribution in [0.25, 0.3) is 0 Å². The SMILES string of the molecule is Cc1ccc(S(=O)(=O)N2CCC[C@@H]2C(=O)OCC(=O)Nc2cccc([N+](=O)[O-])c2)cc1. The van der Waals surface area contributed by atoms with Crippen LogP contribution in [0.4, 0.5) is 11.4 Å². The van der Waals surface area contributed by atoms with Gasteiger partial charge in [-0.3, -0.25) is 19.7 Å². The first-order chi connectivity index (χ1) is 14.7. The number of nitro groups is 1. The molecule has 0 aliphatic carbocycles. The van der Waals surface area contributed by atoms with Crippen molar-refractivity contribution < 1.29 is 27.7 Å². The molecule has 1 N–H and O–H groups in total. The molecule has 1 heterocycles. The highest BCUT2D eigenvalue weighted by atomic mass is 32.2. The first-order valence-corrected chi connectivity index (χ1v) is 10.9. The maximum atomic E-state index is 12.9. The van der Waals surface area contributed by atoms with Gasteiger partial charge >= 0.3 is 5.97 Å². The third-order valence-corrected chi connectivity index (χ3v) is 6.71. The first kappa shape index (κ1) is 22.4. The fourth-order valence-electron chi connectivity index (χ4n) is 3.24. The number of non-ortho nitro benzene ring substituents is 1. The molecule has 164 valence electrons. The van der Waals surface area contributed by atoms with Crippen molar-refractivity contribution in [3.8, 4) is 0 Å². The molecule has 0 spiro atoms. The van der Waals surface area contributed by atoms with Crippen LogP contribution in [0.3, 0.4) is 0 Å². The monoisotopic (exact) mass is 447 g/mol. The zero-order valence-electron chi connectivity index (χ0n) is 16.7. The summed E-state index contributed by atoms with van der Waals surface area (Å²) in [5.74, 6) is -1.51. The maximum absolute atomic E-state index is 12.9. The normalized spacial score (nSPS) is 16.6. The van der Waals surface area contributed by atoms with E-state index in [-0.39, 0.29) is 29.2 Å². The Morgan fingerprint density at radius 3 is 2.61 bits per heavy atom. The fourth-order valence-corrected chi connectivity index (χ4v) is 4.88. The van der Waals surface area contributed by atoms with E-state index in [1.165, 1.54) is 36.4 Å². The van der Waals surface area contributed by atoms with Gasteiger partial charge in [-0.1, -0.05) is 23.8 Å². The minimum absolute atomic E-state index is 0.0845. The van der Waals surface area contributed by atoms with E-state index in [9.17, 15) is 28.1 Å². The molecule has 0 saturated carbocycles. The number of aryl methyl sites for hydroxylation is 1. The van der Waals surface area contributed by atoms with Crippen molar-refractivity contribution in [3.05, 3.63) is 64.2 Å². The number of nitro benzene ring substituents is 1. The van der Waals surface area contributed by atoms with E-state index >= 15 is 0 Å². The summed E-state index contributed by atoms with van der Waals surface area (Å²) in [5, 5.41) is 13.2. The molecule has 1 amide bonds. The number of sulfonamides is 1. The molecular formula is C20H21N3O7S. The Kier molecular flexibility index (Phi) is 6.66. The van der Waals surface area contributed by atoms with Crippen LogP contribution in [0.5, 0.6) is 0 Å². The second kappa shape index (κ2) is 9.23. The summed E-state index contributed by atoms with van der Waals surface area (Å²) >= 11 is 0. The smallest absolute Gasteiger partial charge is 0.324 e. The number of carbonyl (C=O) groups is 2. The summed E-state index contributed by atoms with van der Waals surface area (Å²) in [7, 11) is -3.88. The van der Waals surface area contributed by atoms with Gasteiger partial charge in [0.25, 0.3) is 11.6 Å². The summed E-state index contributed by atoms with van der Waals surface area (Å²) < 4.78 is 31.9. The molecule has 1 atom stereocenters. The summed E-state index contributed by atoms with van der Waals surface area (Å²) in [5.41, 5.74) is 0.892. The van der Waals surface area contributed by atoms with Crippen molar-refractivity contribution in [1.29, 1.82) is 0 Å². The Labute approximate surface area is 179 Å². The minimum Gasteiger partial charge on any atom is -0.454 e. The van der Waals surface area contributed by atoms with E-state index in [4.69, 9.17) is 4.74 Å². The van der Waals surface area contributed by atoms with E-state index in [1.807, 2.05) is 6.92 Å². The predicted molar refractivity (Wildman–Crippen MR) is 111 cm³/mol. The Hall–Kier alpha value is -3.31. The molecule has 1 aliphatic heterocycles. The second-order valence-electron chi connectivity index (χ2n) is 7.05. The number of nitrogens with zero attached hydrogens (tertiary/aromatic N) is 2. The van der Waals surface area contributed by atoms with E-state index < -0.39 is 39.5 Å². The average molecular weight is 447 g/mol. The minimum atomic E-state index is -3.88. The van der Waals surface area contributed by atoms with Crippen molar-refractivity contribution in [2.45, 2.75) is 30.7 Å². The van der Waals surface area contributed by atoms with Gasteiger partial charge in [0, 0.05) is 24.4 Å². The molecule has 2 aromatic rings. The first-order valence-electron chi connectivity index (χ1n) is 9.48. The number of benzene rings is 2. The standard InChI is InChI=1S/C20H21N3O7S/c1-14-7-9-17(10-8-14)31(28,29)22-11-3-6-18(22)20(25)30-13-19(24)21-15-4-2-5-16(12-15)23(26)27/h2,4-5,7-10,12,18H,3,6,11,13H2,1H3,(H,21,24)/t18-/m1/s1. The molecular weight excluding hydrogens is 426 g/mol. The van der Waals surface area contributed by atoms with Crippen LogP contribution in [-0.4, -0.2) is 48.7 Å². The number of ether oxygens (including phenoxy) is 1. The number of nitrogens with one attached hydrogen (secondary N) is 1. The summed E-state index contributed by atoms with van der Waals surface area (Å²) in [6, 6.07) is 10.6. The number of rotatable bonds is 7. The van der Waals surface area contributed by atoms with Gasteiger partial charge in [0.1, 0.15) is 6.04 Å². The molecule has 11 heteroatoms. The zero-order valence-corrected chi connectivity index (χ0v) is 17.5. The molecule has 10 nitrogen and oxygen atoms in total. The molecule has 2 aromatic carbocycles. The number of carbonyl (C=O) groups excluding carboxylic acids is 2. The number of anilines is 1. The second-order valence-corrected chi connectivity index (χ2v) is 8.94. The largest absolute Gasteiger partial charge is 0.454 e. The Balaban J connectivity index is 1.62. The number of hydrogen-bond donors (Lipinski definition) is 1. The molecule has 0 bridgehead atoms. The molecule has 1 saturated heterocycles. The molecule has 1 fully saturated rings. The van der Waals surface area contributed by atoms with Crippen molar-refractivity contribution in [3.63, 3.8) is 0 Å². The molecule has 0 unspecified atom stereocenters. The van der Waals surface area contributed by atoms with E-state index in [2.05, 4.69) is 5.32 Å². The lowest BCUT2D eigenvalue weighted by atomic mass is 10.2. The van der Waals surface area contributed by atoms with Crippen LogP contribution in [0, 0.1) is 17.0 Å². The van der Waals surface area contributed by atoms with E-state index in [0.29, 0.717) is 6.42 Å². The number of esters is 1. The van der Waals surface area contributed by atoms with Crippen LogP contribution < -0.4 is 5.32 Å². The van der Waals surface area contributed by atoms with Crippen LogP contribution in [0.15, 0.2) is 53.4 Å². The maximum Gasteiger partial charge on any atom is 0.324 e. The molecule has 3 rings (SSSR count). The summed E-state index contributed by atoms with van der Waals surface area (Å²) in [6.07, 6.45) is 0.779. The lowest BCUT2D eigenvalue weighted by Gasteiger charge is -2.22. The van der Waals surface area contributed by atoms with Crippen LogP contribution in [-0.2, 0) is 24.3 Å². The molecule has 31 heavy (non-hydrogen) atoms. The lowest BCUT2D eigenvalue weighted by Crippen LogP contribution is -2.42. The molecule has 0 radical (unpaired) electrons. The molecule has 1 aliphatic rings. The van der Waals surface area contributed by atoms with Gasteiger partial charge in [0.2, 0.25) is 10.0 Å². The van der Waals surface area contributed by atoms with Gasteiger partial charge in [0.05, 0.1) is 9.82 Å². The van der Waals surface area contributed by atoms with Crippen LogP contribution >= 0.6 is 0 Å². The molecule has 0 aromatic heterocycles. The fraction of sp³-hybridized carbons (Fsp3) is 0.300. The third kappa shape index (κ3) is 5.25. The zero-order chi connectivity index (χ0) is 22.6. The quantitative estimate of drug-likeness (QED) is 0.390. The predicted octanol–water partition coefficient (Wildman–Crippen LogP) is 2.24. The van der Waals surface area contributed by atoms with Gasteiger partial charge in [-0.2, -0.15) is 4.31 Å². The number of amides is 1. The highest BCUT2D eigenvalue weighted by Crippen LogP contribution is 2.27. The Morgan fingerprint density at radius 2 is 1.94 bits per heavy atom. The van der Waals surface area contributed by atoms with Crippen molar-refractivity contribution >= 4 is 33.3 Å². The topological polar surface area (TPSA) is 136 Å². The lowest BCUT2D eigenvalue weighted by molar-refractivity contribution is -0.384. The van der Waals surface area contributed by atoms with Crippen LogP contribution in [0.1, 0.15) is 18.4 Å². The van der Waals surface area contributed by atoms with Crippen LogP contribution in [0.2, 0.25) is 0 Å². The van der Waals surface area contributed by atoms with Crippen molar-refractivity contribution in [1.82, 2.24) is 4.31 Å². The van der Waals surface area contributed by atoms with Gasteiger partial charge < -0.3 is 10.1 Å². The Morgan fingerprint density at radius 1 is 1.23 bits per heavy atom. The van der Waals surface area contributed by atoms with Gasteiger partial charge in [0.15, 0.2) is 6.61 Å². The highest BCUT2D eigenvalue weighted by Gasteiger charge is 2.40. The van der Waals surface area contributed by atoms with E-state index in [1.54, 1.807) is 12.1 Å². The van der Waals surface area contributed by atoms with Gasteiger partial charge in [-0.25, -0.2) is 8.42 Å². The Bertz CT molecular complexity index is 1100. The van der Waals surface area contributed by atoms with Gasteiger partial charge in [-0.05, 0) is 38.0 Å². The average Bonchev–Trinajstić information content (AvgIpc) is 3.23. The van der Waals surface area contributed by atoms with Gasteiger partial charge in [-0.15, -0.1) is 0 Å². The summed E-state index contributed by atoms with van der Waals surface area (Å²) in [4.78, 5) is 34.8. The summed E-state index contributed by atoms with van der Waals surface area (Å²) in [6.45, 7) is 1.37. The number of hydrogen-bond acceptors (Lipinski definition) is 7. The van der Waals surface area contributed by atoms with E-state index in [0.717, 1.165) is 9.87 Å². The van der Waals surface area contributed by atoms with Crippen molar-refractivity contribution in [2.24, 2.45) is 0 Å². The van der Waals surface area contributed by atoms with Crippen molar-refractivity contribution in [2.75, 3.05) is 18.5 Å². The third-order valence-electron chi connectivity index (χ3n) is 4.79.